The highest BCUT2D eigenvalue weighted by molar-refractivity contribution is 6.26. The second-order valence-corrected chi connectivity index (χ2v) is 16.8. The molecule has 5 heterocycles. The molecule has 2 unspecified atom stereocenters. The number of fused-ring (bicyclic) bond motifs is 11. The molecule has 2 atom stereocenters. The van der Waals surface area contributed by atoms with Crippen molar-refractivity contribution in [2.45, 2.75) is 32.1 Å². The minimum atomic E-state index is -0.412. The molecule has 0 saturated heterocycles. The fourth-order valence-corrected chi connectivity index (χ4v) is 9.88. The molecule has 0 bridgehead atoms. The van der Waals surface area contributed by atoms with Crippen molar-refractivity contribution in [3.8, 4) is 33.8 Å². The van der Waals surface area contributed by atoms with Crippen LogP contribution in [0.1, 0.15) is 49.2 Å². The minimum absolute atomic E-state index is 0.274. The summed E-state index contributed by atoms with van der Waals surface area (Å²) in [7, 11) is 0. The van der Waals surface area contributed by atoms with Crippen molar-refractivity contribution in [2.24, 2.45) is 10.9 Å². The van der Waals surface area contributed by atoms with Crippen molar-refractivity contribution in [2.75, 3.05) is 0 Å². The zero-order valence-electron chi connectivity index (χ0n) is 33.9. The Morgan fingerprint density at radius 1 is 0.590 bits per heavy atom. The number of hydrogen-bond donors (Lipinski definition) is 0. The third-order valence-electron chi connectivity index (χ3n) is 13.1. The lowest BCUT2D eigenvalue weighted by Gasteiger charge is -2.33. The van der Waals surface area contributed by atoms with Crippen LogP contribution in [0.25, 0.3) is 94.1 Å². The van der Waals surface area contributed by atoms with Gasteiger partial charge in [-0.2, -0.15) is 0 Å². The van der Waals surface area contributed by atoms with Gasteiger partial charge in [0.2, 0.25) is 0 Å². The van der Waals surface area contributed by atoms with Crippen LogP contribution in [-0.2, 0) is 5.41 Å². The summed E-state index contributed by atoms with van der Waals surface area (Å²) < 4.78 is 6.80. The van der Waals surface area contributed by atoms with Crippen LogP contribution < -0.4 is 0 Å². The SMILES string of the molecule is CC1CC=CN=C1c1cc(-c2ccc(C3(C)CC=Cc4c3nc(-c3ccc5c6ccccc6c6ccccc6c5c3)c3oc5ccccc5c43)cc2)cc(-c2ccccn2)n1. The lowest BCUT2D eigenvalue weighted by molar-refractivity contribution is 0.555. The molecule has 2 aliphatic rings. The number of furan rings is 1. The van der Waals surface area contributed by atoms with E-state index in [1.54, 1.807) is 0 Å². The smallest absolute Gasteiger partial charge is 0.162 e. The van der Waals surface area contributed by atoms with Crippen molar-refractivity contribution in [3.63, 3.8) is 0 Å². The first-order valence-electron chi connectivity index (χ1n) is 21.2. The fraction of sp³-hybridized carbons (Fsp3) is 0.107. The van der Waals surface area contributed by atoms with Crippen LogP contribution in [-0.4, -0.2) is 20.7 Å². The van der Waals surface area contributed by atoms with Crippen molar-refractivity contribution in [1.29, 1.82) is 0 Å². The van der Waals surface area contributed by atoms with Gasteiger partial charge in [-0.3, -0.25) is 9.98 Å². The Bertz CT molecular complexity index is 3470. The van der Waals surface area contributed by atoms with Crippen molar-refractivity contribution >= 4 is 66.0 Å². The Kier molecular flexibility index (Phi) is 8.01. The van der Waals surface area contributed by atoms with Gasteiger partial charge >= 0.3 is 0 Å². The molecule has 61 heavy (non-hydrogen) atoms. The number of aliphatic imine (C=N–C) groups is 1. The van der Waals surface area contributed by atoms with Gasteiger partial charge in [-0.05, 0) is 105 Å². The van der Waals surface area contributed by atoms with Crippen LogP contribution in [0.3, 0.4) is 0 Å². The first-order chi connectivity index (χ1) is 30.0. The number of para-hydroxylation sites is 1. The molecule has 0 radical (unpaired) electrons. The summed E-state index contributed by atoms with van der Waals surface area (Å²) in [5.74, 6) is 0.274. The molecule has 0 amide bonds. The minimum Gasteiger partial charge on any atom is -0.454 e. The number of rotatable bonds is 5. The van der Waals surface area contributed by atoms with Crippen LogP contribution in [0.2, 0.25) is 0 Å². The van der Waals surface area contributed by atoms with Crippen LogP contribution in [0.5, 0.6) is 0 Å². The van der Waals surface area contributed by atoms with Gasteiger partial charge in [-0.15, -0.1) is 0 Å². The zero-order valence-corrected chi connectivity index (χ0v) is 33.9. The monoisotopic (exact) mass is 784 g/mol. The van der Waals surface area contributed by atoms with Crippen LogP contribution in [0.15, 0.2) is 180 Å². The van der Waals surface area contributed by atoms with Crippen molar-refractivity contribution < 1.29 is 4.42 Å². The highest BCUT2D eigenvalue weighted by atomic mass is 16.3. The Morgan fingerprint density at radius 2 is 1.26 bits per heavy atom. The maximum Gasteiger partial charge on any atom is 0.162 e. The largest absolute Gasteiger partial charge is 0.454 e. The Labute approximate surface area is 353 Å². The van der Waals surface area contributed by atoms with E-state index in [1.165, 1.54) is 37.9 Å². The van der Waals surface area contributed by atoms with E-state index in [0.717, 1.165) is 91.2 Å². The first kappa shape index (κ1) is 35.4. The molecule has 6 aromatic carbocycles. The van der Waals surface area contributed by atoms with Crippen molar-refractivity contribution in [3.05, 3.63) is 193 Å². The molecule has 0 spiro atoms. The van der Waals surface area contributed by atoms with Crippen molar-refractivity contribution in [1.82, 2.24) is 15.0 Å². The third-order valence-corrected chi connectivity index (χ3v) is 13.1. The van der Waals surface area contributed by atoms with Gasteiger partial charge in [0, 0.05) is 45.6 Å². The van der Waals surface area contributed by atoms with Gasteiger partial charge in [0.05, 0.1) is 28.5 Å². The Balaban J connectivity index is 1.03. The summed E-state index contributed by atoms with van der Waals surface area (Å²) in [6.45, 7) is 4.56. The number of aromatic nitrogens is 3. The molecule has 5 heteroatoms. The summed E-state index contributed by atoms with van der Waals surface area (Å²) >= 11 is 0. The predicted octanol–water partition coefficient (Wildman–Crippen LogP) is 14.3. The van der Waals surface area contributed by atoms with Crippen LogP contribution in [0, 0.1) is 5.92 Å². The molecule has 5 nitrogen and oxygen atoms in total. The first-order valence-corrected chi connectivity index (χ1v) is 21.2. The molecular weight excluding hydrogens is 745 g/mol. The maximum absolute atomic E-state index is 6.80. The molecule has 12 rings (SSSR count). The third kappa shape index (κ3) is 5.61. The molecule has 4 aromatic heterocycles. The van der Waals surface area contributed by atoms with Crippen LogP contribution >= 0.6 is 0 Å². The number of pyridine rings is 3. The van der Waals surface area contributed by atoms with E-state index in [9.17, 15) is 0 Å². The highest BCUT2D eigenvalue weighted by Crippen LogP contribution is 2.48. The average Bonchev–Trinajstić information content (AvgIpc) is 3.72. The zero-order chi connectivity index (χ0) is 40.7. The highest BCUT2D eigenvalue weighted by Gasteiger charge is 2.36. The Hall–Kier alpha value is -7.50. The maximum atomic E-state index is 6.80. The van der Waals surface area contributed by atoms with E-state index in [4.69, 9.17) is 19.4 Å². The topological polar surface area (TPSA) is 64.2 Å². The van der Waals surface area contributed by atoms with Gasteiger partial charge in [0.25, 0.3) is 0 Å². The van der Waals surface area contributed by atoms with Gasteiger partial charge in [-0.1, -0.05) is 134 Å². The molecule has 10 aromatic rings. The van der Waals surface area contributed by atoms with Crippen LogP contribution in [0.4, 0.5) is 0 Å². The van der Waals surface area contributed by atoms with Gasteiger partial charge in [-0.25, -0.2) is 9.97 Å². The van der Waals surface area contributed by atoms with E-state index in [-0.39, 0.29) is 5.92 Å². The lowest BCUT2D eigenvalue weighted by Crippen LogP contribution is -2.28. The van der Waals surface area contributed by atoms with E-state index >= 15 is 0 Å². The molecule has 0 N–H and O–H groups in total. The van der Waals surface area contributed by atoms with E-state index < -0.39 is 5.41 Å². The van der Waals surface area contributed by atoms with E-state index in [1.807, 2.05) is 36.7 Å². The summed E-state index contributed by atoms with van der Waals surface area (Å²) in [6, 6.07) is 52.1. The van der Waals surface area contributed by atoms with Gasteiger partial charge in [0.15, 0.2) is 5.58 Å². The summed E-state index contributed by atoms with van der Waals surface area (Å²) in [4.78, 5) is 20.3. The second-order valence-electron chi connectivity index (χ2n) is 16.8. The summed E-state index contributed by atoms with van der Waals surface area (Å²) in [5.41, 5.74) is 12.3. The number of hydrogen-bond acceptors (Lipinski definition) is 5. The number of allylic oxidation sites excluding steroid dienone is 2. The lowest BCUT2D eigenvalue weighted by atomic mass is 9.71. The second kappa shape index (κ2) is 13.8. The molecule has 1 aliphatic carbocycles. The molecule has 0 saturated carbocycles. The quantitative estimate of drug-likeness (QED) is 0.163. The number of benzene rings is 6. The predicted molar refractivity (Wildman–Crippen MR) is 252 cm³/mol. The summed E-state index contributed by atoms with van der Waals surface area (Å²) in [6.07, 6.45) is 12.2. The van der Waals surface area contributed by atoms with Gasteiger partial charge in [0.1, 0.15) is 11.3 Å². The normalized spacial score (nSPS) is 17.4. The fourth-order valence-electron chi connectivity index (χ4n) is 9.88. The Morgan fingerprint density at radius 3 is 2.00 bits per heavy atom. The average molecular weight is 785 g/mol. The van der Waals surface area contributed by atoms with E-state index in [0.29, 0.717) is 0 Å². The molecule has 1 aliphatic heterocycles. The summed E-state index contributed by atoms with van der Waals surface area (Å²) in [5, 5.41) is 9.65. The van der Waals surface area contributed by atoms with Gasteiger partial charge < -0.3 is 4.42 Å². The molecular formula is C56H40N4O. The molecule has 290 valence electrons. The van der Waals surface area contributed by atoms with E-state index in [2.05, 4.69) is 158 Å². The standard InChI is InChI=1S/C56H40N4O/c1-34-13-12-30-58-52(34)49-33-37(32-48(59-49)47-20-9-10-29-57-47)35-22-25-38(26-23-35)56(2)28-11-19-45-51-44-18-7-8-21-50(44)61-54(51)53(60-55(45)56)36-24-27-43-41-16-4-3-14-39(41)40-15-5-6-17-42(40)46(43)31-36/h3-12,14-27,29-34H,13,28H2,1-2H3. The molecule has 0 fully saturated rings. The number of nitrogens with zero attached hydrogens (tertiary/aromatic N) is 4.